The second kappa shape index (κ2) is 5.73. The van der Waals surface area contributed by atoms with Crippen LogP contribution < -0.4 is 5.14 Å². The zero-order valence-corrected chi connectivity index (χ0v) is 11.9. The Hall–Kier alpha value is -1.71. The smallest absolute Gasteiger partial charge is 0.258 e. The lowest BCUT2D eigenvalue weighted by Crippen LogP contribution is -2.17. The largest absolute Gasteiger partial charge is 0.278 e. The molecule has 2 rings (SSSR count). The summed E-state index contributed by atoms with van der Waals surface area (Å²) in [5, 5.41) is 16.3. The number of hydrogen-bond acceptors (Lipinski definition) is 6. The van der Waals surface area contributed by atoms with Gasteiger partial charge in [0, 0.05) is 22.9 Å². The Labute approximate surface area is 119 Å². The van der Waals surface area contributed by atoms with Crippen LogP contribution in [0, 0.1) is 10.1 Å². The Kier molecular flexibility index (Phi) is 4.21. The van der Waals surface area contributed by atoms with E-state index in [9.17, 15) is 18.5 Å². The van der Waals surface area contributed by atoms with E-state index < -0.39 is 14.9 Å². The SMILES string of the molecule is NS(=O)(=O)CCSc1ccc([N+](=O)[O-])c2cccnc12. The first-order valence-corrected chi connectivity index (χ1v) is 8.24. The predicted molar refractivity (Wildman–Crippen MR) is 77.1 cm³/mol. The van der Waals surface area contributed by atoms with E-state index in [1.54, 1.807) is 18.2 Å². The number of non-ortho nitro benzene ring substituents is 1. The van der Waals surface area contributed by atoms with E-state index in [1.165, 1.54) is 24.0 Å². The zero-order chi connectivity index (χ0) is 14.8. The molecule has 1 heterocycles. The summed E-state index contributed by atoms with van der Waals surface area (Å²) < 4.78 is 21.8. The molecule has 0 aliphatic carbocycles. The summed E-state index contributed by atoms with van der Waals surface area (Å²) in [6.07, 6.45) is 1.54. The average Bonchev–Trinajstić information content (AvgIpc) is 2.37. The number of primary sulfonamides is 1. The summed E-state index contributed by atoms with van der Waals surface area (Å²) >= 11 is 1.25. The van der Waals surface area contributed by atoms with E-state index in [2.05, 4.69) is 4.98 Å². The Morgan fingerprint density at radius 3 is 2.75 bits per heavy atom. The van der Waals surface area contributed by atoms with Gasteiger partial charge in [-0.25, -0.2) is 13.6 Å². The van der Waals surface area contributed by atoms with E-state index in [-0.39, 0.29) is 17.2 Å². The maximum atomic E-state index is 10.9. The van der Waals surface area contributed by atoms with Crippen LogP contribution in [0.3, 0.4) is 0 Å². The number of hydrogen-bond donors (Lipinski definition) is 1. The number of nitro groups is 1. The minimum Gasteiger partial charge on any atom is -0.258 e. The van der Waals surface area contributed by atoms with Crippen LogP contribution in [0.4, 0.5) is 5.69 Å². The minimum absolute atomic E-state index is 0.0242. The Balaban J connectivity index is 2.36. The van der Waals surface area contributed by atoms with E-state index in [4.69, 9.17) is 5.14 Å². The molecule has 0 aliphatic heterocycles. The molecule has 1 aromatic carbocycles. The lowest BCUT2D eigenvalue weighted by Gasteiger charge is -2.05. The molecular weight excluding hydrogens is 302 g/mol. The fraction of sp³-hybridized carbons (Fsp3) is 0.182. The Morgan fingerprint density at radius 2 is 2.10 bits per heavy atom. The molecule has 0 fully saturated rings. The van der Waals surface area contributed by atoms with Gasteiger partial charge in [0.25, 0.3) is 5.69 Å². The van der Waals surface area contributed by atoms with Crippen LogP contribution in [0.1, 0.15) is 0 Å². The normalized spacial score (nSPS) is 11.7. The molecule has 0 radical (unpaired) electrons. The molecule has 0 saturated carbocycles. The summed E-state index contributed by atoms with van der Waals surface area (Å²) in [4.78, 5) is 15.3. The Morgan fingerprint density at radius 1 is 1.35 bits per heavy atom. The first-order valence-electron chi connectivity index (χ1n) is 5.54. The van der Waals surface area contributed by atoms with Gasteiger partial charge in [0.05, 0.1) is 21.6 Å². The molecule has 0 bridgehead atoms. The molecule has 0 aliphatic rings. The molecule has 0 saturated heterocycles. The molecule has 1 aromatic heterocycles. The van der Waals surface area contributed by atoms with E-state index >= 15 is 0 Å². The topological polar surface area (TPSA) is 116 Å². The molecule has 7 nitrogen and oxygen atoms in total. The summed E-state index contributed by atoms with van der Waals surface area (Å²) in [6.45, 7) is 0. The van der Waals surface area contributed by atoms with Gasteiger partial charge < -0.3 is 0 Å². The van der Waals surface area contributed by atoms with Crippen molar-refractivity contribution in [3.8, 4) is 0 Å². The maximum absolute atomic E-state index is 10.9. The molecule has 0 spiro atoms. The zero-order valence-electron chi connectivity index (χ0n) is 10.2. The van der Waals surface area contributed by atoms with Crippen molar-refractivity contribution < 1.29 is 13.3 Å². The number of rotatable bonds is 5. The molecule has 2 aromatic rings. The standard InChI is InChI=1S/C11H11N3O4S2/c12-20(17,18)7-6-19-10-4-3-9(14(15)16)8-2-1-5-13-11(8)10/h1-5H,6-7H2,(H2,12,17,18). The fourth-order valence-electron chi connectivity index (χ4n) is 1.68. The highest BCUT2D eigenvalue weighted by Gasteiger charge is 2.15. The number of nitrogens with zero attached hydrogens (tertiary/aromatic N) is 2. The van der Waals surface area contributed by atoms with Crippen LogP contribution in [-0.2, 0) is 10.0 Å². The summed E-state index contributed by atoms with van der Waals surface area (Å²) in [6, 6.07) is 6.20. The van der Waals surface area contributed by atoms with Gasteiger partial charge in [0.15, 0.2) is 0 Å². The highest BCUT2D eigenvalue weighted by Crippen LogP contribution is 2.32. The third-order valence-corrected chi connectivity index (χ3v) is 4.61. The van der Waals surface area contributed by atoms with Gasteiger partial charge in [-0.15, -0.1) is 11.8 Å². The lowest BCUT2D eigenvalue weighted by molar-refractivity contribution is -0.383. The van der Waals surface area contributed by atoms with Crippen molar-refractivity contribution in [2.24, 2.45) is 5.14 Å². The molecule has 20 heavy (non-hydrogen) atoms. The molecule has 0 atom stereocenters. The van der Waals surface area contributed by atoms with Gasteiger partial charge in [-0.3, -0.25) is 15.1 Å². The molecule has 0 unspecified atom stereocenters. The molecule has 0 amide bonds. The monoisotopic (exact) mass is 313 g/mol. The molecule has 2 N–H and O–H groups in total. The Bertz CT molecular complexity index is 761. The van der Waals surface area contributed by atoms with E-state index in [0.717, 1.165) is 0 Å². The van der Waals surface area contributed by atoms with E-state index in [1.807, 2.05) is 0 Å². The second-order valence-electron chi connectivity index (χ2n) is 3.95. The van der Waals surface area contributed by atoms with Gasteiger partial charge >= 0.3 is 0 Å². The van der Waals surface area contributed by atoms with Crippen molar-refractivity contribution in [3.63, 3.8) is 0 Å². The second-order valence-corrected chi connectivity index (χ2v) is 6.83. The molecule has 106 valence electrons. The highest BCUT2D eigenvalue weighted by atomic mass is 32.2. The number of thioether (sulfide) groups is 1. The predicted octanol–water partition coefficient (Wildman–Crippen LogP) is 1.52. The fourth-order valence-corrected chi connectivity index (χ4v) is 3.62. The number of pyridine rings is 1. The van der Waals surface area contributed by atoms with Crippen molar-refractivity contribution in [2.45, 2.75) is 4.90 Å². The first-order chi connectivity index (χ1) is 9.38. The quantitative estimate of drug-likeness (QED) is 0.508. The van der Waals surface area contributed by atoms with Crippen LogP contribution in [0.5, 0.6) is 0 Å². The third-order valence-electron chi connectivity index (χ3n) is 2.53. The molecular formula is C11H11N3O4S2. The maximum Gasteiger partial charge on any atom is 0.278 e. The van der Waals surface area contributed by atoms with Crippen LogP contribution in [-0.4, -0.2) is 29.8 Å². The van der Waals surface area contributed by atoms with Crippen LogP contribution >= 0.6 is 11.8 Å². The van der Waals surface area contributed by atoms with Crippen molar-refractivity contribution >= 4 is 38.4 Å². The van der Waals surface area contributed by atoms with Gasteiger partial charge in [-0.1, -0.05) is 0 Å². The highest BCUT2D eigenvalue weighted by molar-refractivity contribution is 8.00. The first kappa shape index (κ1) is 14.7. The molecule has 9 heteroatoms. The van der Waals surface area contributed by atoms with Gasteiger partial charge in [-0.2, -0.15) is 0 Å². The van der Waals surface area contributed by atoms with Crippen LogP contribution in [0.25, 0.3) is 10.9 Å². The van der Waals surface area contributed by atoms with Gasteiger partial charge in [0.1, 0.15) is 0 Å². The number of benzene rings is 1. The summed E-state index contributed by atoms with van der Waals surface area (Å²) in [5.74, 6) is 0.102. The number of sulfonamides is 1. The van der Waals surface area contributed by atoms with E-state index in [0.29, 0.717) is 15.8 Å². The van der Waals surface area contributed by atoms with Gasteiger partial charge in [-0.05, 0) is 18.2 Å². The lowest BCUT2D eigenvalue weighted by atomic mass is 10.2. The number of aromatic nitrogens is 1. The van der Waals surface area contributed by atoms with Gasteiger partial charge in [0.2, 0.25) is 10.0 Å². The van der Waals surface area contributed by atoms with Crippen molar-refractivity contribution in [1.29, 1.82) is 0 Å². The minimum atomic E-state index is -3.52. The number of fused-ring (bicyclic) bond motifs is 1. The summed E-state index contributed by atoms with van der Waals surface area (Å²) in [5.41, 5.74) is 0.463. The summed E-state index contributed by atoms with van der Waals surface area (Å²) in [7, 11) is -3.52. The van der Waals surface area contributed by atoms with Crippen LogP contribution in [0.2, 0.25) is 0 Å². The third kappa shape index (κ3) is 3.44. The average molecular weight is 313 g/mol. The van der Waals surface area contributed by atoms with Crippen molar-refractivity contribution in [1.82, 2.24) is 4.98 Å². The number of nitro benzene ring substituents is 1. The van der Waals surface area contributed by atoms with Crippen molar-refractivity contribution in [2.75, 3.05) is 11.5 Å². The van der Waals surface area contributed by atoms with Crippen LogP contribution in [0.15, 0.2) is 35.4 Å². The number of nitrogens with two attached hydrogens (primary N) is 1. The van der Waals surface area contributed by atoms with Crippen molar-refractivity contribution in [3.05, 3.63) is 40.6 Å².